The summed E-state index contributed by atoms with van der Waals surface area (Å²) in [4.78, 5) is 19.3. The first-order valence-corrected chi connectivity index (χ1v) is 15.9. The largest absolute Gasteiger partial charge is 0.495 e. The van der Waals surface area contributed by atoms with E-state index in [9.17, 15) is 13.2 Å². The zero-order valence-electron chi connectivity index (χ0n) is 24.1. The van der Waals surface area contributed by atoms with Crippen molar-refractivity contribution in [2.75, 3.05) is 70.2 Å². The predicted molar refractivity (Wildman–Crippen MR) is 157 cm³/mol. The third-order valence-corrected chi connectivity index (χ3v) is 10.6. The summed E-state index contributed by atoms with van der Waals surface area (Å²) in [6.45, 7) is 4.77. The minimum Gasteiger partial charge on any atom is -0.495 e. The Balaban J connectivity index is 1.22. The molecule has 12 heteroatoms. The van der Waals surface area contributed by atoms with E-state index in [1.54, 1.807) is 4.90 Å². The van der Waals surface area contributed by atoms with Crippen molar-refractivity contribution >= 4 is 27.4 Å². The number of nitrogens with one attached hydrogen (secondary N) is 1. The smallest absolute Gasteiger partial charge is 0.270 e. The van der Waals surface area contributed by atoms with Gasteiger partial charge >= 0.3 is 0 Å². The van der Waals surface area contributed by atoms with Gasteiger partial charge in [0.2, 0.25) is 0 Å². The van der Waals surface area contributed by atoms with E-state index in [0.717, 1.165) is 55.8 Å². The first kappa shape index (κ1) is 27.1. The summed E-state index contributed by atoms with van der Waals surface area (Å²) < 4.78 is 47.4. The number of carbonyl (C=O) groups is 1. The Kier molecular flexibility index (Phi) is 6.39. The number of ether oxygens (including phenoxy) is 2. The van der Waals surface area contributed by atoms with Gasteiger partial charge in [0.05, 0.1) is 14.2 Å². The molecule has 42 heavy (non-hydrogen) atoms. The molecule has 0 bridgehead atoms. The van der Waals surface area contributed by atoms with Crippen LogP contribution in [0.25, 0.3) is 11.3 Å². The lowest BCUT2D eigenvalue weighted by Crippen LogP contribution is -2.47. The molecule has 2 saturated heterocycles. The number of aromatic nitrogens is 1. The van der Waals surface area contributed by atoms with Crippen molar-refractivity contribution in [2.45, 2.75) is 36.0 Å². The number of hydrogen-bond donors (Lipinski definition) is 1. The van der Waals surface area contributed by atoms with Crippen molar-refractivity contribution in [2.24, 2.45) is 0 Å². The second kappa shape index (κ2) is 9.91. The van der Waals surface area contributed by atoms with Crippen LogP contribution in [0.5, 0.6) is 11.5 Å². The van der Waals surface area contributed by atoms with Crippen LogP contribution < -0.4 is 19.1 Å². The number of anilines is 2. The highest BCUT2D eigenvalue weighted by atomic mass is 32.2. The Hall–Kier alpha value is -3.77. The zero-order chi connectivity index (χ0) is 29.2. The second-order valence-corrected chi connectivity index (χ2v) is 13.4. The van der Waals surface area contributed by atoms with Crippen molar-refractivity contribution < 1.29 is 27.2 Å². The van der Waals surface area contributed by atoms with Crippen LogP contribution in [-0.2, 0) is 21.9 Å². The topological polar surface area (TPSA) is 117 Å². The quantitative estimate of drug-likeness (QED) is 0.440. The average Bonchev–Trinajstić information content (AvgIpc) is 3.63. The number of amides is 1. The summed E-state index contributed by atoms with van der Waals surface area (Å²) in [5.41, 5.74) is 4.40. The minimum absolute atomic E-state index is 0.0138. The standard InChI is InChI=1S/C30H35N5O6S/c1-33-11-13-35(14-12-33)29(36)19-15-24(39-2)27(25(16-19)40-3)42(37,38)32-28-22-18-30(7-8-30)23-6-5-20(34-9-4-10-34)17-21(23)26(22)41-31-28/h5-6,15-17H,4,7-14,18H2,1-3H3,(H,31,32). The average molecular weight is 594 g/mol. The Morgan fingerprint density at radius 1 is 1.00 bits per heavy atom. The molecule has 0 unspecified atom stereocenters. The van der Waals surface area contributed by atoms with Gasteiger partial charge in [-0.2, -0.15) is 0 Å². The van der Waals surface area contributed by atoms with Gasteiger partial charge in [-0.3, -0.25) is 9.52 Å². The van der Waals surface area contributed by atoms with E-state index in [2.05, 4.69) is 37.9 Å². The third kappa shape index (κ3) is 4.39. The van der Waals surface area contributed by atoms with Crippen LogP contribution >= 0.6 is 0 Å². The molecule has 2 aliphatic heterocycles. The van der Waals surface area contributed by atoms with Gasteiger partial charge in [0, 0.05) is 67.1 Å². The molecule has 222 valence electrons. The van der Waals surface area contributed by atoms with Gasteiger partial charge in [-0.05, 0) is 62.6 Å². The third-order valence-electron chi connectivity index (χ3n) is 9.20. The number of hydrogen-bond acceptors (Lipinski definition) is 9. The number of sulfonamides is 1. The van der Waals surface area contributed by atoms with E-state index in [-0.39, 0.29) is 33.5 Å². The fourth-order valence-electron chi connectivity index (χ4n) is 6.39. The fourth-order valence-corrected chi connectivity index (χ4v) is 7.72. The van der Waals surface area contributed by atoms with Crippen LogP contribution in [0, 0.1) is 0 Å². The summed E-state index contributed by atoms with van der Waals surface area (Å²) in [6, 6.07) is 9.45. The maximum atomic E-state index is 13.9. The van der Waals surface area contributed by atoms with Gasteiger partial charge in [0.15, 0.2) is 16.5 Å². The predicted octanol–water partition coefficient (Wildman–Crippen LogP) is 3.35. The van der Waals surface area contributed by atoms with E-state index in [1.165, 1.54) is 38.3 Å². The fraction of sp³-hybridized carbons (Fsp3) is 0.467. The highest BCUT2D eigenvalue weighted by Gasteiger charge is 2.51. The number of carbonyl (C=O) groups excluding carboxylic acids is 1. The molecule has 1 aromatic heterocycles. The molecule has 0 atom stereocenters. The Bertz CT molecular complexity index is 1640. The van der Waals surface area contributed by atoms with Crippen molar-refractivity contribution in [1.82, 2.24) is 15.0 Å². The molecule has 1 saturated carbocycles. The number of methoxy groups -OCH3 is 2. The van der Waals surface area contributed by atoms with Crippen molar-refractivity contribution in [1.29, 1.82) is 0 Å². The van der Waals surface area contributed by atoms with Crippen LogP contribution in [0.2, 0.25) is 0 Å². The van der Waals surface area contributed by atoms with Crippen LogP contribution in [0.3, 0.4) is 0 Å². The molecule has 3 aromatic rings. The van der Waals surface area contributed by atoms with Crippen LogP contribution in [-0.4, -0.2) is 89.8 Å². The van der Waals surface area contributed by atoms with Gasteiger partial charge < -0.3 is 28.7 Å². The van der Waals surface area contributed by atoms with Crippen LogP contribution in [0.15, 0.2) is 39.8 Å². The highest BCUT2D eigenvalue weighted by Crippen LogP contribution is 2.59. The first-order valence-electron chi connectivity index (χ1n) is 14.4. The number of nitrogens with zero attached hydrogens (tertiary/aromatic N) is 4. The number of benzene rings is 2. The van der Waals surface area contributed by atoms with E-state index in [1.807, 2.05) is 7.05 Å². The Labute approximate surface area is 245 Å². The van der Waals surface area contributed by atoms with Gasteiger partial charge in [-0.1, -0.05) is 11.2 Å². The SMILES string of the molecule is COc1cc(C(=O)N2CCN(C)CC2)cc(OC)c1S(=O)(=O)Nc1noc2c1CC1(CC1)c1ccc(N3CCC3)cc1-2. The molecule has 3 fully saturated rings. The summed E-state index contributed by atoms with van der Waals surface area (Å²) >= 11 is 0. The molecule has 7 rings (SSSR count). The molecule has 4 aliphatic rings. The lowest BCUT2D eigenvalue weighted by Gasteiger charge is -2.34. The van der Waals surface area contributed by atoms with E-state index in [4.69, 9.17) is 14.0 Å². The molecule has 2 aliphatic carbocycles. The lowest BCUT2D eigenvalue weighted by molar-refractivity contribution is 0.0663. The molecule has 11 nitrogen and oxygen atoms in total. The Morgan fingerprint density at radius 2 is 1.69 bits per heavy atom. The number of rotatable bonds is 7. The van der Waals surface area contributed by atoms with Crippen LogP contribution in [0.4, 0.5) is 11.5 Å². The normalized spacial score (nSPS) is 19.1. The van der Waals surface area contributed by atoms with E-state index in [0.29, 0.717) is 30.8 Å². The molecule has 1 amide bonds. The molecule has 2 aromatic carbocycles. The zero-order valence-corrected chi connectivity index (χ0v) is 24.9. The van der Waals surface area contributed by atoms with Gasteiger partial charge in [0.1, 0.15) is 11.5 Å². The maximum Gasteiger partial charge on any atom is 0.270 e. The number of fused-ring (bicyclic) bond motifs is 4. The van der Waals surface area contributed by atoms with Gasteiger partial charge in [-0.25, -0.2) is 8.42 Å². The van der Waals surface area contributed by atoms with Gasteiger partial charge in [-0.15, -0.1) is 0 Å². The molecule has 0 radical (unpaired) electrons. The lowest BCUT2D eigenvalue weighted by atomic mass is 9.79. The first-order chi connectivity index (χ1) is 20.2. The van der Waals surface area contributed by atoms with E-state index < -0.39 is 10.0 Å². The van der Waals surface area contributed by atoms with Crippen LogP contribution in [0.1, 0.15) is 40.7 Å². The highest BCUT2D eigenvalue weighted by molar-refractivity contribution is 7.93. The molecule has 1 N–H and O–H groups in total. The summed E-state index contributed by atoms with van der Waals surface area (Å²) in [5, 5.41) is 4.21. The number of likely N-dealkylation sites (N-methyl/N-ethyl adjacent to an activating group) is 1. The van der Waals surface area contributed by atoms with E-state index >= 15 is 0 Å². The number of piperazine rings is 1. The van der Waals surface area contributed by atoms with Gasteiger partial charge in [0.25, 0.3) is 15.9 Å². The molecular weight excluding hydrogens is 558 g/mol. The summed E-state index contributed by atoms with van der Waals surface area (Å²) in [5.74, 6) is 0.598. The van der Waals surface area contributed by atoms with Crippen molar-refractivity contribution in [3.05, 3.63) is 47.0 Å². The Morgan fingerprint density at radius 3 is 2.29 bits per heavy atom. The molecular formula is C30H35N5O6S. The summed E-state index contributed by atoms with van der Waals surface area (Å²) in [6.07, 6.45) is 3.89. The van der Waals surface area contributed by atoms with Crippen molar-refractivity contribution in [3.8, 4) is 22.8 Å². The van der Waals surface area contributed by atoms with Crippen molar-refractivity contribution in [3.63, 3.8) is 0 Å². The summed E-state index contributed by atoms with van der Waals surface area (Å²) in [7, 11) is 0.513. The molecule has 1 spiro atoms. The monoisotopic (exact) mass is 593 g/mol. The molecule has 3 heterocycles. The maximum absolute atomic E-state index is 13.9. The second-order valence-electron chi connectivity index (χ2n) is 11.8. The minimum atomic E-state index is -4.25.